The van der Waals surface area contributed by atoms with Crippen LogP contribution in [-0.4, -0.2) is 16.5 Å². The number of aliphatic hydroxyl groups is 1. The minimum absolute atomic E-state index is 0.380. The average Bonchev–Trinajstić information content (AvgIpc) is 2.10. The number of rotatable bonds is 6. The van der Waals surface area contributed by atoms with Gasteiger partial charge in [-0.25, -0.2) is 9.78 Å². The first-order chi connectivity index (χ1) is 6.33. The fourth-order valence-electron chi connectivity index (χ4n) is 0.933. The van der Waals surface area contributed by atoms with Gasteiger partial charge < -0.3 is 5.11 Å². The van der Waals surface area contributed by atoms with Crippen molar-refractivity contribution < 1.29 is 14.9 Å². The highest BCUT2D eigenvalue weighted by Gasteiger charge is 2.28. The summed E-state index contributed by atoms with van der Waals surface area (Å²) in [6.45, 7) is 9.65. The Morgan fingerprint density at radius 1 is 1.07 bits per heavy atom. The van der Waals surface area contributed by atoms with Gasteiger partial charge in [0.2, 0.25) is 0 Å². The second-order valence-electron chi connectivity index (χ2n) is 4.68. The molecule has 0 aromatic rings. The van der Waals surface area contributed by atoms with E-state index in [1.165, 1.54) is 0 Å². The van der Waals surface area contributed by atoms with Crippen molar-refractivity contribution in [1.82, 2.24) is 0 Å². The van der Waals surface area contributed by atoms with E-state index in [0.29, 0.717) is 12.8 Å². The maximum atomic E-state index is 9.97. The second-order valence-corrected chi connectivity index (χ2v) is 4.68. The van der Waals surface area contributed by atoms with Crippen LogP contribution in [0.4, 0.5) is 0 Å². The van der Waals surface area contributed by atoms with Gasteiger partial charge in [-0.1, -0.05) is 20.3 Å². The molecule has 1 unspecified atom stereocenters. The molecule has 14 heavy (non-hydrogen) atoms. The third kappa shape index (κ3) is 6.35. The Bertz CT molecular complexity index is 151. The molecule has 0 bridgehead atoms. The molecule has 1 N–H and O–H groups in total. The van der Waals surface area contributed by atoms with Gasteiger partial charge in [0.05, 0.1) is 5.60 Å². The minimum atomic E-state index is -1.12. The molecule has 0 radical (unpaired) electrons. The summed E-state index contributed by atoms with van der Waals surface area (Å²) in [6, 6.07) is 0. The van der Waals surface area contributed by atoms with Crippen LogP contribution in [0.1, 0.15) is 60.3 Å². The van der Waals surface area contributed by atoms with E-state index in [0.717, 1.165) is 12.8 Å². The molecule has 0 aromatic carbocycles. The van der Waals surface area contributed by atoms with E-state index in [2.05, 4.69) is 6.92 Å². The Hall–Kier alpha value is -0.120. The van der Waals surface area contributed by atoms with E-state index in [4.69, 9.17) is 9.78 Å². The summed E-state index contributed by atoms with van der Waals surface area (Å²) < 4.78 is 0. The van der Waals surface area contributed by atoms with E-state index in [1.807, 2.05) is 27.7 Å². The highest BCUT2D eigenvalue weighted by molar-refractivity contribution is 4.64. The number of unbranched alkanes of at least 4 members (excludes halogenated alkanes) is 1. The Labute approximate surface area is 87.3 Å². The van der Waals surface area contributed by atoms with E-state index < -0.39 is 5.79 Å². The third-order valence-corrected chi connectivity index (χ3v) is 1.92. The van der Waals surface area contributed by atoms with E-state index in [-0.39, 0.29) is 5.60 Å². The van der Waals surface area contributed by atoms with Gasteiger partial charge >= 0.3 is 0 Å². The molecule has 0 fully saturated rings. The lowest BCUT2D eigenvalue weighted by Gasteiger charge is -2.29. The zero-order chi connectivity index (χ0) is 11.2. The van der Waals surface area contributed by atoms with Crippen molar-refractivity contribution in [1.29, 1.82) is 0 Å². The molecule has 1 atom stereocenters. The average molecular weight is 204 g/mol. The predicted octanol–water partition coefficient (Wildman–Crippen LogP) is 3.02. The first-order valence-corrected chi connectivity index (χ1v) is 5.42. The molecule has 0 saturated heterocycles. The largest absolute Gasteiger partial charge is 0.363 e. The lowest BCUT2D eigenvalue weighted by molar-refractivity contribution is -0.454. The van der Waals surface area contributed by atoms with Crippen LogP contribution in [0.15, 0.2) is 0 Å². The smallest absolute Gasteiger partial charge is 0.198 e. The summed E-state index contributed by atoms with van der Waals surface area (Å²) in [4.78, 5) is 10.2. The van der Waals surface area contributed by atoms with E-state index in [1.54, 1.807) is 0 Å². The number of hydrogen-bond donors (Lipinski definition) is 1. The van der Waals surface area contributed by atoms with Crippen LogP contribution in [0, 0.1) is 0 Å². The van der Waals surface area contributed by atoms with Crippen LogP contribution in [0.25, 0.3) is 0 Å². The first kappa shape index (κ1) is 13.9. The predicted molar refractivity (Wildman–Crippen MR) is 56.7 cm³/mol. The SMILES string of the molecule is CCCCC(O)(CC)OOC(C)(C)C. The molecule has 86 valence electrons. The van der Waals surface area contributed by atoms with Crippen LogP contribution in [0.2, 0.25) is 0 Å². The van der Waals surface area contributed by atoms with Crippen LogP contribution >= 0.6 is 0 Å². The summed E-state index contributed by atoms with van der Waals surface area (Å²) in [5, 5.41) is 9.97. The first-order valence-electron chi connectivity index (χ1n) is 5.42. The summed E-state index contributed by atoms with van der Waals surface area (Å²) in [5.41, 5.74) is -0.380. The standard InChI is InChI=1S/C11H24O3/c1-6-8-9-11(12,7-2)14-13-10(3,4)5/h12H,6-9H2,1-5H3. The zero-order valence-electron chi connectivity index (χ0n) is 10.1. The van der Waals surface area contributed by atoms with E-state index >= 15 is 0 Å². The summed E-state index contributed by atoms with van der Waals surface area (Å²) in [5.74, 6) is -1.12. The van der Waals surface area contributed by atoms with Crippen LogP contribution < -0.4 is 0 Å². The monoisotopic (exact) mass is 204 g/mol. The van der Waals surface area contributed by atoms with Crippen LogP contribution in [-0.2, 0) is 9.78 Å². The fourth-order valence-corrected chi connectivity index (χ4v) is 0.933. The number of hydrogen-bond acceptors (Lipinski definition) is 3. The topological polar surface area (TPSA) is 38.7 Å². The quantitative estimate of drug-likeness (QED) is 0.410. The third-order valence-electron chi connectivity index (χ3n) is 1.92. The van der Waals surface area contributed by atoms with Gasteiger partial charge in [-0.3, -0.25) is 0 Å². The highest BCUT2D eigenvalue weighted by atomic mass is 17.2. The van der Waals surface area contributed by atoms with Crippen molar-refractivity contribution in [2.75, 3.05) is 0 Å². The Balaban J connectivity index is 3.98. The van der Waals surface area contributed by atoms with Gasteiger partial charge in [0.1, 0.15) is 0 Å². The highest BCUT2D eigenvalue weighted by Crippen LogP contribution is 2.23. The van der Waals surface area contributed by atoms with Gasteiger partial charge in [-0.15, -0.1) is 0 Å². The molecule has 3 heteroatoms. The van der Waals surface area contributed by atoms with Crippen LogP contribution in [0.5, 0.6) is 0 Å². The summed E-state index contributed by atoms with van der Waals surface area (Å²) in [6.07, 6.45) is 3.15. The van der Waals surface area contributed by atoms with Crippen LogP contribution in [0.3, 0.4) is 0 Å². The van der Waals surface area contributed by atoms with Crippen molar-refractivity contribution in [3.63, 3.8) is 0 Å². The Morgan fingerprint density at radius 2 is 1.64 bits per heavy atom. The Morgan fingerprint density at radius 3 is 2.00 bits per heavy atom. The fraction of sp³-hybridized carbons (Fsp3) is 1.00. The maximum absolute atomic E-state index is 9.97. The van der Waals surface area contributed by atoms with Gasteiger partial charge in [0.25, 0.3) is 0 Å². The molecular formula is C11H24O3. The summed E-state index contributed by atoms with van der Waals surface area (Å²) >= 11 is 0. The molecule has 0 amide bonds. The molecule has 0 aliphatic carbocycles. The van der Waals surface area contributed by atoms with Crippen molar-refractivity contribution in [2.24, 2.45) is 0 Å². The van der Waals surface area contributed by atoms with E-state index in [9.17, 15) is 5.11 Å². The molecule has 0 aliphatic rings. The normalized spacial score (nSPS) is 16.7. The van der Waals surface area contributed by atoms with Crippen molar-refractivity contribution >= 4 is 0 Å². The molecule has 0 aromatic heterocycles. The molecule has 0 spiro atoms. The zero-order valence-corrected chi connectivity index (χ0v) is 10.1. The lowest BCUT2D eigenvalue weighted by atomic mass is 10.1. The molecule has 0 heterocycles. The van der Waals surface area contributed by atoms with Gasteiger partial charge in [0.15, 0.2) is 5.79 Å². The molecular weight excluding hydrogens is 180 g/mol. The van der Waals surface area contributed by atoms with Gasteiger partial charge in [-0.2, -0.15) is 0 Å². The maximum Gasteiger partial charge on any atom is 0.198 e. The van der Waals surface area contributed by atoms with Gasteiger partial charge in [-0.05, 0) is 27.2 Å². The lowest BCUT2D eigenvalue weighted by Crippen LogP contribution is -2.35. The molecule has 3 nitrogen and oxygen atoms in total. The Kier molecular flexibility index (Phi) is 5.64. The van der Waals surface area contributed by atoms with Crippen molar-refractivity contribution in [2.45, 2.75) is 71.7 Å². The minimum Gasteiger partial charge on any atom is -0.363 e. The molecule has 0 aliphatic heterocycles. The van der Waals surface area contributed by atoms with Crippen molar-refractivity contribution in [3.05, 3.63) is 0 Å². The van der Waals surface area contributed by atoms with Crippen molar-refractivity contribution in [3.8, 4) is 0 Å². The molecule has 0 rings (SSSR count). The van der Waals surface area contributed by atoms with Gasteiger partial charge in [0, 0.05) is 12.8 Å². The second kappa shape index (κ2) is 5.69. The summed E-state index contributed by atoms with van der Waals surface area (Å²) in [7, 11) is 0. The molecule has 0 saturated carbocycles.